The lowest BCUT2D eigenvalue weighted by Crippen LogP contribution is -2.01. The maximum atomic E-state index is 13.6. The summed E-state index contributed by atoms with van der Waals surface area (Å²) in [4.78, 5) is 13.6. The van der Waals surface area contributed by atoms with Crippen LogP contribution in [0, 0.1) is 5.82 Å². The van der Waals surface area contributed by atoms with E-state index in [1.165, 1.54) is 6.07 Å². The minimum atomic E-state index is -0.499. The van der Waals surface area contributed by atoms with Gasteiger partial charge in [-0.05, 0) is 30.3 Å². The largest absolute Gasteiger partial charge is 0.417 e. The molecular formula is C14H10ClFN2O2. The lowest BCUT2D eigenvalue weighted by molar-refractivity contribution is 0.555. The molecule has 2 N–H and O–H groups in total. The molecule has 20 heavy (non-hydrogen) atoms. The normalized spacial score (nSPS) is 10.9. The minimum Gasteiger partial charge on any atom is -0.408 e. The van der Waals surface area contributed by atoms with Crippen molar-refractivity contribution >= 4 is 28.4 Å². The van der Waals surface area contributed by atoms with E-state index >= 15 is 0 Å². The van der Waals surface area contributed by atoms with Crippen LogP contribution in [0.4, 0.5) is 10.1 Å². The average molecular weight is 293 g/mol. The van der Waals surface area contributed by atoms with E-state index in [1.807, 2.05) is 0 Å². The Morgan fingerprint density at radius 1 is 1.25 bits per heavy atom. The van der Waals surface area contributed by atoms with Crippen LogP contribution in [0.15, 0.2) is 45.6 Å². The molecule has 0 unspecified atom stereocenters. The van der Waals surface area contributed by atoms with Gasteiger partial charge in [0.2, 0.25) is 0 Å². The Hall–Kier alpha value is -2.27. The number of benzene rings is 2. The van der Waals surface area contributed by atoms with Gasteiger partial charge in [0.25, 0.3) is 0 Å². The Morgan fingerprint density at radius 2 is 2.10 bits per heavy atom. The molecule has 6 heteroatoms. The Bertz CT molecular complexity index is 825. The summed E-state index contributed by atoms with van der Waals surface area (Å²) in [5.41, 5.74) is 2.34. The highest BCUT2D eigenvalue weighted by Gasteiger charge is 2.05. The molecule has 0 radical (unpaired) electrons. The van der Waals surface area contributed by atoms with Gasteiger partial charge in [0.15, 0.2) is 5.58 Å². The molecule has 0 aliphatic heterocycles. The SMILES string of the molecule is O=c1[nH]c2cc(NCc3ccc(Cl)cc3F)ccc2o1. The molecule has 2 aromatic carbocycles. The number of aromatic nitrogens is 1. The average Bonchev–Trinajstić information content (AvgIpc) is 2.77. The maximum absolute atomic E-state index is 13.6. The second kappa shape index (κ2) is 5.02. The number of anilines is 1. The molecule has 3 aromatic rings. The fourth-order valence-electron chi connectivity index (χ4n) is 1.92. The monoisotopic (exact) mass is 292 g/mol. The van der Waals surface area contributed by atoms with E-state index in [0.29, 0.717) is 28.2 Å². The van der Waals surface area contributed by atoms with Crippen LogP contribution in [-0.2, 0) is 6.54 Å². The van der Waals surface area contributed by atoms with Crippen molar-refractivity contribution in [2.45, 2.75) is 6.54 Å². The number of fused-ring (bicyclic) bond motifs is 1. The third-order valence-corrected chi connectivity index (χ3v) is 3.15. The molecular weight excluding hydrogens is 283 g/mol. The fourth-order valence-corrected chi connectivity index (χ4v) is 2.08. The van der Waals surface area contributed by atoms with Crippen LogP contribution in [0.3, 0.4) is 0 Å². The first-order valence-electron chi connectivity index (χ1n) is 5.92. The zero-order chi connectivity index (χ0) is 14.1. The summed E-state index contributed by atoms with van der Waals surface area (Å²) in [5.74, 6) is -0.858. The molecule has 0 aliphatic carbocycles. The molecule has 102 valence electrons. The third kappa shape index (κ3) is 2.53. The first-order valence-corrected chi connectivity index (χ1v) is 6.30. The highest BCUT2D eigenvalue weighted by molar-refractivity contribution is 6.30. The highest BCUT2D eigenvalue weighted by Crippen LogP contribution is 2.19. The standard InChI is InChI=1S/C14H10ClFN2O2/c15-9-2-1-8(11(16)5-9)7-17-10-3-4-13-12(6-10)18-14(19)20-13/h1-6,17H,7H2,(H,18,19). The molecule has 4 nitrogen and oxygen atoms in total. The molecule has 0 atom stereocenters. The van der Waals surface area contributed by atoms with Crippen LogP contribution in [0.1, 0.15) is 5.56 Å². The first-order chi connectivity index (χ1) is 9.61. The van der Waals surface area contributed by atoms with E-state index in [2.05, 4.69) is 10.3 Å². The molecule has 0 spiro atoms. The summed E-state index contributed by atoms with van der Waals surface area (Å²) in [7, 11) is 0. The van der Waals surface area contributed by atoms with Crippen LogP contribution in [0.25, 0.3) is 11.1 Å². The number of aromatic amines is 1. The van der Waals surface area contributed by atoms with E-state index in [1.54, 1.807) is 30.3 Å². The third-order valence-electron chi connectivity index (χ3n) is 2.92. The summed E-state index contributed by atoms with van der Waals surface area (Å²) >= 11 is 5.70. The molecule has 1 aromatic heterocycles. The van der Waals surface area contributed by atoms with Gasteiger partial charge >= 0.3 is 5.76 Å². The number of nitrogens with one attached hydrogen (secondary N) is 2. The van der Waals surface area contributed by atoms with Gasteiger partial charge < -0.3 is 9.73 Å². The minimum absolute atomic E-state index is 0.316. The molecule has 0 bridgehead atoms. The summed E-state index contributed by atoms with van der Waals surface area (Å²) < 4.78 is 18.5. The van der Waals surface area contributed by atoms with Gasteiger partial charge in [-0.3, -0.25) is 4.98 Å². The molecule has 1 heterocycles. The fraction of sp³-hybridized carbons (Fsp3) is 0.0714. The number of hydrogen-bond donors (Lipinski definition) is 2. The Labute approximate surface area is 118 Å². The Balaban J connectivity index is 1.80. The molecule has 0 aliphatic rings. The summed E-state index contributed by atoms with van der Waals surface area (Å²) in [6.45, 7) is 0.316. The summed E-state index contributed by atoms with van der Waals surface area (Å²) in [5, 5.41) is 3.44. The zero-order valence-corrected chi connectivity index (χ0v) is 11.0. The van der Waals surface area contributed by atoms with Crippen molar-refractivity contribution in [3.8, 4) is 0 Å². The second-order valence-electron chi connectivity index (χ2n) is 4.31. The maximum Gasteiger partial charge on any atom is 0.417 e. The smallest absolute Gasteiger partial charge is 0.408 e. The highest BCUT2D eigenvalue weighted by atomic mass is 35.5. The molecule has 0 fully saturated rings. The second-order valence-corrected chi connectivity index (χ2v) is 4.75. The van der Waals surface area contributed by atoms with Gasteiger partial charge in [0, 0.05) is 22.8 Å². The first kappa shape index (κ1) is 12.7. The summed E-state index contributed by atoms with van der Waals surface area (Å²) in [6, 6.07) is 9.70. The van der Waals surface area contributed by atoms with E-state index in [-0.39, 0.29) is 5.82 Å². The van der Waals surface area contributed by atoms with Gasteiger partial charge in [-0.25, -0.2) is 9.18 Å². The number of H-pyrrole nitrogens is 1. The number of hydrogen-bond acceptors (Lipinski definition) is 3. The Kier molecular flexibility index (Phi) is 3.20. The van der Waals surface area contributed by atoms with Crippen LogP contribution < -0.4 is 11.1 Å². The molecule has 0 saturated heterocycles. The van der Waals surface area contributed by atoms with Gasteiger partial charge in [0.1, 0.15) is 5.82 Å². The van der Waals surface area contributed by atoms with Gasteiger partial charge in [0.05, 0.1) is 5.52 Å². The van der Waals surface area contributed by atoms with Gasteiger partial charge in [-0.2, -0.15) is 0 Å². The number of oxazole rings is 1. The van der Waals surface area contributed by atoms with Crippen molar-refractivity contribution in [2.24, 2.45) is 0 Å². The van der Waals surface area contributed by atoms with Crippen LogP contribution in [0.2, 0.25) is 5.02 Å². The molecule has 0 amide bonds. The van der Waals surface area contributed by atoms with Gasteiger partial charge in [-0.1, -0.05) is 17.7 Å². The lowest BCUT2D eigenvalue weighted by atomic mass is 10.2. The number of rotatable bonds is 3. The topological polar surface area (TPSA) is 58.0 Å². The summed E-state index contributed by atoms with van der Waals surface area (Å²) in [6.07, 6.45) is 0. The van der Waals surface area contributed by atoms with Crippen LogP contribution >= 0.6 is 11.6 Å². The zero-order valence-electron chi connectivity index (χ0n) is 10.2. The van der Waals surface area contributed by atoms with Crippen molar-refractivity contribution < 1.29 is 8.81 Å². The quantitative estimate of drug-likeness (QED) is 0.776. The molecule has 3 rings (SSSR count). The van der Waals surface area contributed by atoms with Crippen LogP contribution in [0.5, 0.6) is 0 Å². The Morgan fingerprint density at radius 3 is 2.90 bits per heavy atom. The van der Waals surface area contributed by atoms with E-state index in [0.717, 1.165) is 5.69 Å². The lowest BCUT2D eigenvalue weighted by Gasteiger charge is -2.07. The van der Waals surface area contributed by atoms with Crippen molar-refractivity contribution in [1.82, 2.24) is 4.98 Å². The van der Waals surface area contributed by atoms with Crippen molar-refractivity contribution in [1.29, 1.82) is 0 Å². The van der Waals surface area contributed by atoms with E-state index in [9.17, 15) is 9.18 Å². The predicted octanol–water partition coefficient (Wildman–Crippen LogP) is 3.53. The van der Waals surface area contributed by atoms with Gasteiger partial charge in [-0.15, -0.1) is 0 Å². The van der Waals surface area contributed by atoms with Crippen molar-refractivity contribution in [3.63, 3.8) is 0 Å². The van der Waals surface area contributed by atoms with E-state index in [4.69, 9.17) is 16.0 Å². The number of halogens is 2. The van der Waals surface area contributed by atoms with Crippen molar-refractivity contribution in [2.75, 3.05) is 5.32 Å². The molecule has 0 saturated carbocycles. The predicted molar refractivity (Wildman–Crippen MR) is 75.6 cm³/mol. The van der Waals surface area contributed by atoms with Crippen molar-refractivity contribution in [3.05, 3.63) is 63.4 Å². The van der Waals surface area contributed by atoms with E-state index < -0.39 is 5.76 Å². The van der Waals surface area contributed by atoms with Crippen LogP contribution in [-0.4, -0.2) is 4.98 Å².